The normalized spacial score (nSPS) is 14.6. The van der Waals surface area contributed by atoms with Crippen molar-refractivity contribution in [3.8, 4) is 17.2 Å². The van der Waals surface area contributed by atoms with Gasteiger partial charge in [0.15, 0.2) is 17.2 Å². The summed E-state index contributed by atoms with van der Waals surface area (Å²) in [5.74, 6) is -2.98. The first-order valence-corrected chi connectivity index (χ1v) is 9.65. The van der Waals surface area contributed by atoms with E-state index in [9.17, 15) is 32.6 Å². The van der Waals surface area contributed by atoms with Gasteiger partial charge in [0.1, 0.15) is 11.5 Å². The minimum atomic E-state index is -5.19. The molecule has 0 amide bonds. The fraction of sp³-hybridized carbons (Fsp3) is 0.227. The summed E-state index contributed by atoms with van der Waals surface area (Å²) < 4.78 is 61.8. The van der Waals surface area contributed by atoms with Crippen molar-refractivity contribution >= 4 is 11.6 Å². The Hall–Kier alpha value is -3.04. The molecule has 3 aromatic rings. The SMILES string of the molecule is CC(c1ccc(Oc2ccc(F)c(O)c2)cc1Cl)C(O)(c1cccn(C)c1=O)C(F)(F)F. The summed E-state index contributed by atoms with van der Waals surface area (Å²) in [5, 5.41) is 20.1. The Morgan fingerprint density at radius 1 is 1.09 bits per heavy atom. The molecule has 0 saturated heterocycles. The second-order valence-corrected chi connectivity index (χ2v) is 7.63. The maximum atomic E-state index is 14.1. The Morgan fingerprint density at radius 3 is 2.31 bits per heavy atom. The fourth-order valence-corrected chi connectivity index (χ4v) is 3.69. The molecule has 2 N–H and O–H groups in total. The Balaban J connectivity index is 2.02. The van der Waals surface area contributed by atoms with E-state index in [1.807, 2.05) is 0 Å². The van der Waals surface area contributed by atoms with E-state index >= 15 is 0 Å². The zero-order chi connectivity index (χ0) is 23.8. The fourth-order valence-electron chi connectivity index (χ4n) is 3.36. The van der Waals surface area contributed by atoms with Gasteiger partial charge in [-0.1, -0.05) is 24.6 Å². The molecule has 0 bridgehead atoms. The average Bonchev–Trinajstić information content (AvgIpc) is 2.71. The Labute approximate surface area is 185 Å². The monoisotopic (exact) mass is 471 g/mol. The molecule has 10 heteroatoms. The van der Waals surface area contributed by atoms with Crippen LogP contribution in [0.15, 0.2) is 59.5 Å². The van der Waals surface area contributed by atoms with Gasteiger partial charge < -0.3 is 19.5 Å². The second kappa shape index (κ2) is 8.48. The number of hydrogen-bond donors (Lipinski definition) is 2. The van der Waals surface area contributed by atoms with Crippen molar-refractivity contribution in [1.29, 1.82) is 0 Å². The van der Waals surface area contributed by atoms with E-state index in [1.165, 1.54) is 43.6 Å². The van der Waals surface area contributed by atoms with Gasteiger partial charge in [-0.05, 0) is 42.0 Å². The molecular weight excluding hydrogens is 454 g/mol. The van der Waals surface area contributed by atoms with E-state index in [4.69, 9.17) is 16.3 Å². The Bertz CT molecular complexity index is 1210. The molecule has 2 atom stereocenters. The lowest BCUT2D eigenvalue weighted by molar-refractivity contribution is -0.275. The lowest BCUT2D eigenvalue weighted by atomic mass is 9.78. The third kappa shape index (κ3) is 4.18. The van der Waals surface area contributed by atoms with Crippen LogP contribution in [-0.4, -0.2) is 21.0 Å². The van der Waals surface area contributed by atoms with Crippen molar-refractivity contribution in [2.45, 2.75) is 24.6 Å². The van der Waals surface area contributed by atoms with Crippen molar-refractivity contribution in [1.82, 2.24) is 4.57 Å². The highest BCUT2D eigenvalue weighted by atomic mass is 35.5. The van der Waals surface area contributed by atoms with Crippen LogP contribution >= 0.6 is 11.6 Å². The number of nitrogens with zero attached hydrogens (tertiary/aromatic N) is 1. The lowest BCUT2D eigenvalue weighted by Gasteiger charge is -2.36. The third-order valence-electron chi connectivity index (χ3n) is 5.18. The highest BCUT2D eigenvalue weighted by Crippen LogP contribution is 2.49. The number of halogens is 5. The van der Waals surface area contributed by atoms with Crippen molar-refractivity contribution in [3.05, 3.63) is 87.0 Å². The molecule has 3 rings (SSSR count). The molecular formula is C22H18ClF4NO4. The van der Waals surface area contributed by atoms with Crippen LogP contribution in [0.5, 0.6) is 17.2 Å². The summed E-state index contributed by atoms with van der Waals surface area (Å²) in [6.07, 6.45) is -3.91. The topological polar surface area (TPSA) is 71.7 Å². The van der Waals surface area contributed by atoms with Crippen LogP contribution in [0.25, 0.3) is 0 Å². The lowest BCUT2D eigenvalue weighted by Crippen LogP contribution is -2.50. The van der Waals surface area contributed by atoms with Gasteiger partial charge in [-0.25, -0.2) is 4.39 Å². The zero-order valence-electron chi connectivity index (χ0n) is 16.8. The highest BCUT2D eigenvalue weighted by Gasteiger charge is 2.60. The minimum absolute atomic E-state index is 0.0698. The molecule has 5 nitrogen and oxygen atoms in total. The molecule has 0 spiro atoms. The van der Waals surface area contributed by atoms with Gasteiger partial charge in [-0.2, -0.15) is 13.2 Å². The van der Waals surface area contributed by atoms with Crippen LogP contribution < -0.4 is 10.3 Å². The van der Waals surface area contributed by atoms with E-state index in [-0.39, 0.29) is 22.1 Å². The summed E-state index contributed by atoms with van der Waals surface area (Å²) in [4.78, 5) is 12.4. The van der Waals surface area contributed by atoms with Crippen molar-refractivity contribution < 1.29 is 32.5 Å². The summed E-state index contributed by atoms with van der Waals surface area (Å²) in [6.45, 7) is 1.11. The summed E-state index contributed by atoms with van der Waals surface area (Å²) in [5.41, 5.74) is -5.42. The van der Waals surface area contributed by atoms with Gasteiger partial charge in [-0.15, -0.1) is 0 Å². The van der Waals surface area contributed by atoms with E-state index in [1.54, 1.807) is 0 Å². The number of aromatic hydroxyl groups is 1. The molecule has 170 valence electrons. The number of aryl methyl sites for hydroxylation is 1. The van der Waals surface area contributed by atoms with Crippen LogP contribution in [-0.2, 0) is 12.6 Å². The van der Waals surface area contributed by atoms with Gasteiger partial charge in [0.05, 0.1) is 5.56 Å². The number of benzene rings is 2. The van der Waals surface area contributed by atoms with Crippen LogP contribution in [0.3, 0.4) is 0 Å². The first-order chi connectivity index (χ1) is 14.9. The molecule has 0 aliphatic heterocycles. The van der Waals surface area contributed by atoms with E-state index in [2.05, 4.69) is 0 Å². The number of ether oxygens (including phenoxy) is 1. The van der Waals surface area contributed by atoms with E-state index < -0.39 is 40.4 Å². The van der Waals surface area contributed by atoms with Crippen molar-refractivity contribution in [3.63, 3.8) is 0 Å². The van der Waals surface area contributed by atoms with Crippen molar-refractivity contribution in [2.75, 3.05) is 0 Å². The number of phenols is 1. The van der Waals surface area contributed by atoms with Crippen LogP contribution in [0.1, 0.15) is 24.0 Å². The molecule has 0 fully saturated rings. The average molecular weight is 472 g/mol. The molecule has 2 aromatic carbocycles. The number of phenolic OH excluding ortho intramolecular Hbond substituents is 1. The third-order valence-corrected chi connectivity index (χ3v) is 5.51. The summed E-state index contributed by atoms with van der Waals surface area (Å²) in [7, 11) is 1.28. The predicted molar refractivity (Wildman–Crippen MR) is 110 cm³/mol. The maximum absolute atomic E-state index is 14.1. The summed E-state index contributed by atoms with van der Waals surface area (Å²) in [6, 6.07) is 9.16. The molecule has 0 aliphatic carbocycles. The van der Waals surface area contributed by atoms with Gasteiger partial charge in [-0.3, -0.25) is 4.79 Å². The smallest absolute Gasteiger partial charge is 0.422 e. The quantitative estimate of drug-likeness (QED) is 0.500. The Morgan fingerprint density at radius 2 is 1.72 bits per heavy atom. The van der Waals surface area contributed by atoms with Crippen molar-refractivity contribution in [2.24, 2.45) is 7.05 Å². The number of aliphatic hydroxyl groups is 1. The van der Waals surface area contributed by atoms with Crippen LogP contribution in [0, 0.1) is 5.82 Å². The maximum Gasteiger partial charge on any atom is 0.422 e. The molecule has 0 radical (unpaired) electrons. The number of hydrogen-bond acceptors (Lipinski definition) is 4. The number of pyridine rings is 1. The number of alkyl halides is 3. The molecule has 0 saturated carbocycles. The first-order valence-electron chi connectivity index (χ1n) is 9.27. The van der Waals surface area contributed by atoms with Gasteiger partial charge in [0.2, 0.25) is 0 Å². The van der Waals surface area contributed by atoms with E-state index in [0.717, 1.165) is 29.7 Å². The molecule has 1 heterocycles. The molecule has 2 unspecified atom stereocenters. The molecule has 32 heavy (non-hydrogen) atoms. The standard InChI is InChI=1S/C22H18ClF4NO4/c1-12(21(31,22(25,26)27)16-4-3-9-28(2)20(16)30)15-7-5-13(10-17(15)23)32-14-6-8-18(24)19(29)11-14/h3-12,29,31H,1-2H3. The predicted octanol–water partition coefficient (Wildman–Crippen LogP) is 5.23. The van der Waals surface area contributed by atoms with Gasteiger partial charge in [0, 0.05) is 30.3 Å². The first kappa shape index (κ1) is 23.6. The number of aromatic nitrogens is 1. The van der Waals surface area contributed by atoms with Crippen LogP contribution in [0.4, 0.5) is 17.6 Å². The minimum Gasteiger partial charge on any atom is -0.505 e. The highest BCUT2D eigenvalue weighted by molar-refractivity contribution is 6.31. The van der Waals surface area contributed by atoms with Gasteiger partial charge in [0.25, 0.3) is 5.56 Å². The van der Waals surface area contributed by atoms with E-state index in [0.29, 0.717) is 0 Å². The second-order valence-electron chi connectivity index (χ2n) is 7.22. The largest absolute Gasteiger partial charge is 0.505 e. The number of rotatable bonds is 5. The zero-order valence-corrected chi connectivity index (χ0v) is 17.6. The van der Waals surface area contributed by atoms with Crippen LogP contribution in [0.2, 0.25) is 5.02 Å². The molecule has 1 aromatic heterocycles. The molecule has 0 aliphatic rings. The summed E-state index contributed by atoms with van der Waals surface area (Å²) >= 11 is 6.21. The Kier molecular flexibility index (Phi) is 6.26. The van der Waals surface area contributed by atoms with Gasteiger partial charge >= 0.3 is 6.18 Å².